The summed E-state index contributed by atoms with van der Waals surface area (Å²) in [7, 11) is 0. The largest absolute Gasteiger partial charge is 0.347 e. The number of nitrogens with two attached hydrogens (primary N) is 1. The first-order chi connectivity index (χ1) is 8.90. The zero-order valence-corrected chi connectivity index (χ0v) is 12.9. The van der Waals surface area contributed by atoms with Crippen molar-refractivity contribution in [2.45, 2.75) is 19.9 Å². The van der Waals surface area contributed by atoms with Crippen molar-refractivity contribution in [3.63, 3.8) is 0 Å². The van der Waals surface area contributed by atoms with Crippen LogP contribution in [0.2, 0.25) is 5.02 Å². The Labute approximate surface area is 129 Å². The second-order valence-electron chi connectivity index (χ2n) is 4.42. The first-order valence-electron chi connectivity index (χ1n) is 5.99. The molecule has 0 spiro atoms. The zero-order chi connectivity index (χ0) is 14.4. The number of nitrogens with one attached hydrogen (secondary N) is 2. The van der Waals surface area contributed by atoms with Gasteiger partial charge < -0.3 is 16.4 Å². The fourth-order valence-electron chi connectivity index (χ4n) is 1.31. The second kappa shape index (κ2) is 8.79. The molecule has 20 heavy (non-hydrogen) atoms. The molecule has 0 aliphatic carbocycles. The van der Waals surface area contributed by atoms with Crippen LogP contribution in [-0.4, -0.2) is 24.4 Å². The summed E-state index contributed by atoms with van der Waals surface area (Å²) >= 11 is 5.73. The molecule has 112 valence electrons. The van der Waals surface area contributed by atoms with Crippen LogP contribution in [0.15, 0.2) is 24.3 Å². The SMILES string of the molecule is CC(N)C(C)C(=O)NCC(=O)Nc1ccc(Cl)cc1.Cl. The number of amides is 2. The van der Waals surface area contributed by atoms with Gasteiger partial charge in [-0.15, -0.1) is 12.4 Å². The lowest BCUT2D eigenvalue weighted by Gasteiger charge is -2.15. The fraction of sp³-hybridized carbons (Fsp3) is 0.385. The Morgan fingerprint density at radius 3 is 2.30 bits per heavy atom. The third-order valence-electron chi connectivity index (χ3n) is 2.75. The van der Waals surface area contributed by atoms with E-state index in [-0.39, 0.29) is 42.7 Å². The van der Waals surface area contributed by atoms with Crippen molar-refractivity contribution in [1.82, 2.24) is 5.32 Å². The molecule has 2 amide bonds. The molecule has 0 fully saturated rings. The smallest absolute Gasteiger partial charge is 0.243 e. The van der Waals surface area contributed by atoms with Gasteiger partial charge in [0.1, 0.15) is 0 Å². The van der Waals surface area contributed by atoms with Gasteiger partial charge in [0.05, 0.1) is 6.54 Å². The molecule has 0 heterocycles. The van der Waals surface area contributed by atoms with Gasteiger partial charge in [-0.1, -0.05) is 18.5 Å². The highest BCUT2D eigenvalue weighted by Gasteiger charge is 2.17. The molecule has 5 nitrogen and oxygen atoms in total. The average Bonchev–Trinajstić information content (AvgIpc) is 2.37. The molecule has 0 saturated carbocycles. The minimum atomic E-state index is -0.330. The van der Waals surface area contributed by atoms with Crippen LogP contribution in [0.3, 0.4) is 0 Å². The average molecular weight is 320 g/mol. The Morgan fingerprint density at radius 1 is 1.25 bits per heavy atom. The highest BCUT2D eigenvalue weighted by molar-refractivity contribution is 6.30. The Morgan fingerprint density at radius 2 is 1.80 bits per heavy atom. The molecule has 0 aromatic heterocycles. The summed E-state index contributed by atoms with van der Waals surface area (Å²) in [6, 6.07) is 6.47. The summed E-state index contributed by atoms with van der Waals surface area (Å²) in [6.45, 7) is 3.38. The van der Waals surface area contributed by atoms with E-state index in [0.717, 1.165) is 0 Å². The van der Waals surface area contributed by atoms with Crippen molar-refractivity contribution in [2.75, 3.05) is 11.9 Å². The Balaban J connectivity index is 0.00000361. The van der Waals surface area contributed by atoms with Gasteiger partial charge >= 0.3 is 0 Å². The number of anilines is 1. The van der Waals surface area contributed by atoms with Crippen LogP contribution in [0.1, 0.15) is 13.8 Å². The summed E-state index contributed by atoms with van der Waals surface area (Å²) in [6.07, 6.45) is 0. The van der Waals surface area contributed by atoms with Gasteiger partial charge in [0.15, 0.2) is 0 Å². The van der Waals surface area contributed by atoms with Gasteiger partial charge in [-0.25, -0.2) is 0 Å². The molecule has 1 aromatic rings. The Hall–Kier alpha value is -1.30. The zero-order valence-electron chi connectivity index (χ0n) is 11.4. The number of hydrogen-bond donors (Lipinski definition) is 3. The molecule has 1 aromatic carbocycles. The summed E-state index contributed by atoms with van der Waals surface area (Å²) in [5, 5.41) is 5.78. The maximum atomic E-state index is 11.6. The third kappa shape index (κ3) is 6.23. The van der Waals surface area contributed by atoms with Gasteiger partial charge in [0.2, 0.25) is 11.8 Å². The quantitative estimate of drug-likeness (QED) is 0.773. The van der Waals surface area contributed by atoms with Gasteiger partial charge in [-0.05, 0) is 31.2 Å². The lowest BCUT2D eigenvalue weighted by atomic mass is 10.0. The van der Waals surface area contributed by atoms with E-state index in [1.165, 1.54) is 0 Å². The number of hydrogen-bond acceptors (Lipinski definition) is 3. The van der Waals surface area contributed by atoms with Crippen molar-refractivity contribution in [3.05, 3.63) is 29.3 Å². The van der Waals surface area contributed by atoms with Crippen LogP contribution in [0.25, 0.3) is 0 Å². The van der Waals surface area contributed by atoms with Gasteiger partial charge in [0.25, 0.3) is 0 Å². The minimum Gasteiger partial charge on any atom is -0.347 e. The Kier molecular flexibility index (Phi) is 8.22. The first kappa shape index (κ1) is 18.7. The minimum absolute atomic E-state index is 0. The molecule has 0 saturated heterocycles. The molecule has 0 aliphatic heterocycles. The molecule has 0 radical (unpaired) electrons. The normalized spacial score (nSPS) is 12.8. The topological polar surface area (TPSA) is 84.2 Å². The van der Waals surface area contributed by atoms with Crippen LogP contribution >= 0.6 is 24.0 Å². The summed E-state index contributed by atoms with van der Waals surface area (Å²) in [4.78, 5) is 23.2. The van der Waals surface area contributed by atoms with Crippen molar-refractivity contribution in [3.8, 4) is 0 Å². The van der Waals surface area contributed by atoms with E-state index in [9.17, 15) is 9.59 Å². The maximum Gasteiger partial charge on any atom is 0.243 e. The van der Waals surface area contributed by atoms with E-state index >= 15 is 0 Å². The molecule has 4 N–H and O–H groups in total. The van der Waals surface area contributed by atoms with Gasteiger partial charge in [0, 0.05) is 22.7 Å². The summed E-state index contributed by atoms with van der Waals surface area (Å²) in [5.41, 5.74) is 6.24. The summed E-state index contributed by atoms with van der Waals surface area (Å²) < 4.78 is 0. The predicted molar refractivity (Wildman–Crippen MR) is 83.2 cm³/mol. The highest BCUT2D eigenvalue weighted by atomic mass is 35.5. The molecule has 1 rings (SSSR count). The number of halogens is 2. The molecule has 0 bridgehead atoms. The Bertz CT molecular complexity index is 449. The van der Waals surface area contributed by atoms with Crippen molar-refractivity contribution in [2.24, 2.45) is 11.7 Å². The third-order valence-corrected chi connectivity index (χ3v) is 3.01. The predicted octanol–water partition coefficient (Wildman–Crippen LogP) is 1.80. The van der Waals surface area contributed by atoms with Crippen molar-refractivity contribution >= 4 is 41.5 Å². The van der Waals surface area contributed by atoms with Crippen molar-refractivity contribution < 1.29 is 9.59 Å². The molecular formula is C13H19Cl2N3O2. The van der Waals surface area contributed by atoms with E-state index in [2.05, 4.69) is 10.6 Å². The number of rotatable bonds is 5. The van der Waals surface area contributed by atoms with E-state index in [1.807, 2.05) is 0 Å². The van der Waals surface area contributed by atoms with Crippen LogP contribution in [0.5, 0.6) is 0 Å². The molecular weight excluding hydrogens is 301 g/mol. The summed E-state index contributed by atoms with van der Waals surface area (Å²) in [5.74, 6) is -0.864. The van der Waals surface area contributed by atoms with Crippen LogP contribution in [-0.2, 0) is 9.59 Å². The number of benzene rings is 1. The second-order valence-corrected chi connectivity index (χ2v) is 4.86. The van der Waals surface area contributed by atoms with Crippen LogP contribution in [0, 0.1) is 5.92 Å². The number of carbonyl (C=O) groups excluding carboxylic acids is 2. The van der Waals surface area contributed by atoms with Gasteiger partial charge in [-0.3, -0.25) is 9.59 Å². The van der Waals surface area contributed by atoms with Crippen molar-refractivity contribution in [1.29, 1.82) is 0 Å². The van der Waals surface area contributed by atoms with E-state index in [4.69, 9.17) is 17.3 Å². The van der Waals surface area contributed by atoms with E-state index in [1.54, 1.807) is 38.1 Å². The fourth-order valence-corrected chi connectivity index (χ4v) is 1.43. The molecule has 0 aliphatic rings. The van der Waals surface area contributed by atoms with E-state index in [0.29, 0.717) is 10.7 Å². The molecule has 2 atom stereocenters. The lowest BCUT2D eigenvalue weighted by Crippen LogP contribution is -2.41. The lowest BCUT2D eigenvalue weighted by molar-refractivity contribution is -0.127. The standard InChI is InChI=1S/C13H18ClN3O2.ClH/c1-8(9(2)15)13(19)16-7-12(18)17-11-5-3-10(14)4-6-11;/h3-6,8-9H,7,15H2,1-2H3,(H,16,19)(H,17,18);1H. The molecule has 7 heteroatoms. The monoisotopic (exact) mass is 319 g/mol. The van der Waals surface area contributed by atoms with E-state index < -0.39 is 0 Å². The maximum absolute atomic E-state index is 11.6. The first-order valence-corrected chi connectivity index (χ1v) is 6.36. The number of carbonyl (C=O) groups is 2. The van der Waals surface area contributed by atoms with Gasteiger partial charge in [-0.2, -0.15) is 0 Å². The van der Waals surface area contributed by atoms with Crippen LogP contribution < -0.4 is 16.4 Å². The van der Waals surface area contributed by atoms with Crippen LogP contribution in [0.4, 0.5) is 5.69 Å². The highest BCUT2D eigenvalue weighted by Crippen LogP contribution is 2.12. The molecule has 2 unspecified atom stereocenters.